The summed E-state index contributed by atoms with van der Waals surface area (Å²) in [5.74, 6) is -0.331. The van der Waals surface area contributed by atoms with Crippen LogP contribution in [0.3, 0.4) is 0 Å². The van der Waals surface area contributed by atoms with Gasteiger partial charge < -0.3 is 10.2 Å². The number of carbonyl (C=O) groups excluding carboxylic acids is 2. The van der Waals surface area contributed by atoms with Crippen molar-refractivity contribution in [3.05, 3.63) is 65.7 Å². The number of para-hydroxylation sites is 1. The monoisotopic (exact) mass is 501 g/mol. The summed E-state index contributed by atoms with van der Waals surface area (Å²) in [5.41, 5.74) is 2.40. The SMILES string of the molecule is CC[C@@H](C)NC(=O)[C@@H](CC)N(Cc1ccccc1)C(=O)CCCN(c1ccccc1C)S(C)(=O)=O. The number of hydrogen-bond acceptors (Lipinski definition) is 4. The molecule has 0 aliphatic heterocycles. The topological polar surface area (TPSA) is 86.8 Å². The van der Waals surface area contributed by atoms with Crippen LogP contribution in [0, 0.1) is 6.92 Å². The lowest BCUT2D eigenvalue weighted by Crippen LogP contribution is -2.50. The zero-order chi connectivity index (χ0) is 26.0. The second-order valence-electron chi connectivity index (χ2n) is 8.97. The van der Waals surface area contributed by atoms with Gasteiger partial charge in [0, 0.05) is 25.6 Å². The van der Waals surface area contributed by atoms with E-state index >= 15 is 0 Å². The summed E-state index contributed by atoms with van der Waals surface area (Å²) < 4.78 is 26.3. The minimum absolute atomic E-state index is 0.0164. The third kappa shape index (κ3) is 8.38. The van der Waals surface area contributed by atoms with Gasteiger partial charge in [0.2, 0.25) is 21.8 Å². The van der Waals surface area contributed by atoms with Crippen LogP contribution in [-0.2, 0) is 26.2 Å². The second-order valence-corrected chi connectivity index (χ2v) is 10.9. The fourth-order valence-corrected chi connectivity index (χ4v) is 4.99. The summed E-state index contributed by atoms with van der Waals surface area (Å²) in [5, 5.41) is 3.00. The van der Waals surface area contributed by atoms with Crippen molar-refractivity contribution in [3.8, 4) is 0 Å². The predicted molar refractivity (Wildman–Crippen MR) is 142 cm³/mol. The lowest BCUT2D eigenvalue weighted by Gasteiger charge is -2.32. The molecular formula is C27H39N3O4S. The summed E-state index contributed by atoms with van der Waals surface area (Å²) in [6.07, 6.45) is 2.94. The van der Waals surface area contributed by atoms with Gasteiger partial charge in [-0.3, -0.25) is 13.9 Å². The van der Waals surface area contributed by atoms with E-state index in [1.165, 1.54) is 10.6 Å². The molecule has 35 heavy (non-hydrogen) atoms. The molecule has 2 rings (SSSR count). The van der Waals surface area contributed by atoms with Crippen LogP contribution in [0.15, 0.2) is 54.6 Å². The average molecular weight is 502 g/mol. The molecule has 0 fully saturated rings. The Balaban J connectivity index is 2.20. The minimum atomic E-state index is -3.51. The molecule has 0 aliphatic carbocycles. The maximum atomic E-state index is 13.4. The van der Waals surface area contributed by atoms with Crippen molar-refractivity contribution >= 4 is 27.5 Å². The van der Waals surface area contributed by atoms with E-state index in [9.17, 15) is 18.0 Å². The van der Waals surface area contributed by atoms with Crippen LogP contribution < -0.4 is 9.62 Å². The molecule has 0 spiro atoms. The van der Waals surface area contributed by atoms with Crippen molar-refractivity contribution in [1.82, 2.24) is 10.2 Å². The van der Waals surface area contributed by atoms with Gasteiger partial charge in [-0.05, 0) is 50.3 Å². The molecule has 0 saturated carbocycles. The Hall–Kier alpha value is -2.87. The molecule has 0 radical (unpaired) electrons. The highest BCUT2D eigenvalue weighted by Crippen LogP contribution is 2.23. The first-order valence-electron chi connectivity index (χ1n) is 12.3. The largest absolute Gasteiger partial charge is 0.352 e. The Morgan fingerprint density at radius 2 is 1.60 bits per heavy atom. The zero-order valence-electron chi connectivity index (χ0n) is 21.5. The number of nitrogens with zero attached hydrogens (tertiary/aromatic N) is 2. The third-order valence-electron chi connectivity index (χ3n) is 6.12. The average Bonchev–Trinajstić information content (AvgIpc) is 2.82. The Morgan fingerprint density at radius 1 is 0.971 bits per heavy atom. The Bertz CT molecular complexity index is 1070. The number of hydrogen-bond donors (Lipinski definition) is 1. The van der Waals surface area contributed by atoms with E-state index in [2.05, 4.69) is 5.32 Å². The van der Waals surface area contributed by atoms with Crippen LogP contribution in [0.1, 0.15) is 57.6 Å². The van der Waals surface area contributed by atoms with E-state index in [-0.39, 0.29) is 30.8 Å². The van der Waals surface area contributed by atoms with Crippen LogP contribution in [0.2, 0.25) is 0 Å². The van der Waals surface area contributed by atoms with Crippen LogP contribution in [0.4, 0.5) is 5.69 Å². The third-order valence-corrected chi connectivity index (χ3v) is 7.30. The highest BCUT2D eigenvalue weighted by molar-refractivity contribution is 7.92. The first-order chi connectivity index (χ1) is 16.6. The first kappa shape index (κ1) is 28.4. The predicted octanol–water partition coefficient (Wildman–Crippen LogP) is 4.26. The van der Waals surface area contributed by atoms with Crippen molar-refractivity contribution < 1.29 is 18.0 Å². The molecular weight excluding hydrogens is 462 g/mol. The summed E-state index contributed by atoms with van der Waals surface area (Å²) in [6, 6.07) is 16.3. The smallest absolute Gasteiger partial charge is 0.243 e. The lowest BCUT2D eigenvalue weighted by atomic mass is 10.1. The van der Waals surface area contributed by atoms with Crippen molar-refractivity contribution in [1.29, 1.82) is 0 Å². The molecule has 0 unspecified atom stereocenters. The van der Waals surface area contributed by atoms with E-state index in [1.807, 2.05) is 70.2 Å². The first-order valence-corrected chi connectivity index (χ1v) is 14.1. The van der Waals surface area contributed by atoms with Gasteiger partial charge >= 0.3 is 0 Å². The van der Waals surface area contributed by atoms with E-state index in [0.29, 0.717) is 25.1 Å². The van der Waals surface area contributed by atoms with E-state index in [4.69, 9.17) is 0 Å². The van der Waals surface area contributed by atoms with E-state index in [0.717, 1.165) is 17.5 Å². The van der Waals surface area contributed by atoms with Crippen LogP contribution >= 0.6 is 0 Å². The molecule has 0 bridgehead atoms. The molecule has 192 valence electrons. The molecule has 8 heteroatoms. The number of benzene rings is 2. The number of aryl methyl sites for hydroxylation is 1. The summed E-state index contributed by atoms with van der Waals surface area (Å²) >= 11 is 0. The molecule has 0 aliphatic rings. The van der Waals surface area contributed by atoms with Gasteiger partial charge in [0.1, 0.15) is 6.04 Å². The van der Waals surface area contributed by atoms with Gasteiger partial charge in [-0.2, -0.15) is 0 Å². The fourth-order valence-electron chi connectivity index (χ4n) is 3.97. The fraction of sp³-hybridized carbons (Fsp3) is 0.481. The maximum absolute atomic E-state index is 13.4. The minimum Gasteiger partial charge on any atom is -0.352 e. The van der Waals surface area contributed by atoms with Gasteiger partial charge in [0.05, 0.1) is 11.9 Å². The molecule has 0 aromatic heterocycles. The van der Waals surface area contributed by atoms with Crippen molar-refractivity contribution in [3.63, 3.8) is 0 Å². The zero-order valence-corrected chi connectivity index (χ0v) is 22.3. The van der Waals surface area contributed by atoms with Gasteiger partial charge in [-0.25, -0.2) is 8.42 Å². The summed E-state index contributed by atoms with van der Waals surface area (Å²) in [7, 11) is -3.51. The van der Waals surface area contributed by atoms with Crippen molar-refractivity contribution in [2.24, 2.45) is 0 Å². The van der Waals surface area contributed by atoms with Gasteiger partial charge in [-0.1, -0.05) is 62.4 Å². The van der Waals surface area contributed by atoms with Crippen LogP contribution in [0.25, 0.3) is 0 Å². The number of anilines is 1. The Morgan fingerprint density at radius 3 is 2.17 bits per heavy atom. The lowest BCUT2D eigenvalue weighted by molar-refractivity contribution is -0.141. The highest BCUT2D eigenvalue weighted by atomic mass is 32.2. The van der Waals surface area contributed by atoms with E-state index < -0.39 is 16.1 Å². The van der Waals surface area contributed by atoms with Crippen molar-refractivity contribution in [2.75, 3.05) is 17.1 Å². The van der Waals surface area contributed by atoms with Crippen molar-refractivity contribution in [2.45, 2.75) is 72.0 Å². The molecule has 0 heterocycles. The standard InChI is InChI=1S/C27H39N3O4S/c1-6-22(4)28-27(32)24(7-2)29(20-23-15-9-8-10-16-23)26(31)18-13-19-30(35(5,33)34)25-17-12-11-14-21(25)3/h8-12,14-17,22,24H,6-7,13,18-20H2,1-5H3,(H,28,32)/t22-,24-/m1/s1. The molecule has 2 atom stereocenters. The number of carbonyl (C=O) groups is 2. The second kappa shape index (κ2) is 13.3. The number of sulfonamides is 1. The molecule has 2 aromatic rings. The normalized spacial score (nSPS) is 13.1. The van der Waals surface area contributed by atoms with Crippen LogP contribution in [-0.4, -0.2) is 50.0 Å². The molecule has 7 nitrogen and oxygen atoms in total. The van der Waals surface area contributed by atoms with E-state index in [1.54, 1.807) is 17.0 Å². The number of amides is 2. The molecule has 2 aromatic carbocycles. The van der Waals surface area contributed by atoms with Crippen LogP contribution in [0.5, 0.6) is 0 Å². The Labute approximate surface area is 210 Å². The Kier molecular flexibility index (Phi) is 10.8. The number of rotatable bonds is 13. The summed E-state index contributed by atoms with van der Waals surface area (Å²) in [4.78, 5) is 28.1. The van der Waals surface area contributed by atoms with Gasteiger partial charge in [0.25, 0.3) is 0 Å². The highest BCUT2D eigenvalue weighted by Gasteiger charge is 2.29. The molecule has 1 N–H and O–H groups in total. The summed E-state index contributed by atoms with van der Waals surface area (Å²) in [6.45, 7) is 8.21. The van der Waals surface area contributed by atoms with Gasteiger partial charge in [-0.15, -0.1) is 0 Å². The quantitative estimate of drug-likeness (QED) is 0.444. The maximum Gasteiger partial charge on any atom is 0.243 e. The number of nitrogens with one attached hydrogen (secondary N) is 1. The van der Waals surface area contributed by atoms with Gasteiger partial charge in [0.15, 0.2) is 0 Å². The molecule has 2 amide bonds. The molecule has 0 saturated heterocycles.